The fraction of sp³-hybridized carbons (Fsp3) is 0.222. The Balaban J connectivity index is 1.76. The maximum absolute atomic E-state index is 12.6. The number of benzene rings is 2. The van der Waals surface area contributed by atoms with Crippen LogP contribution in [0.25, 0.3) is 0 Å². The number of hydrogen-bond acceptors (Lipinski definition) is 5. The highest BCUT2D eigenvalue weighted by Gasteiger charge is 2.39. The summed E-state index contributed by atoms with van der Waals surface area (Å²) in [5.74, 6) is -0.648. The smallest absolute Gasteiger partial charge is 0.269 e. The van der Waals surface area contributed by atoms with Crippen LogP contribution in [-0.2, 0) is 16.1 Å². The number of nitro groups is 1. The van der Waals surface area contributed by atoms with E-state index < -0.39 is 11.0 Å². The molecular formula is C18H17N3O4. The molecule has 1 N–H and O–H groups in total. The molecular weight excluding hydrogens is 322 g/mol. The third kappa shape index (κ3) is 3.41. The van der Waals surface area contributed by atoms with E-state index in [1.54, 1.807) is 6.92 Å². The van der Waals surface area contributed by atoms with Crippen molar-refractivity contribution in [3.05, 3.63) is 69.8 Å². The van der Waals surface area contributed by atoms with E-state index in [2.05, 4.69) is 5.32 Å². The molecule has 0 bridgehead atoms. The van der Waals surface area contributed by atoms with E-state index in [1.807, 2.05) is 30.3 Å². The number of nitrogens with one attached hydrogen (secondary N) is 1. The highest BCUT2D eigenvalue weighted by atomic mass is 16.6. The Morgan fingerprint density at radius 3 is 2.56 bits per heavy atom. The minimum Gasteiger partial charge on any atom is -0.301 e. The van der Waals surface area contributed by atoms with Crippen molar-refractivity contribution in [2.75, 3.05) is 4.90 Å². The minimum atomic E-state index is -0.595. The summed E-state index contributed by atoms with van der Waals surface area (Å²) in [7, 11) is 0. The molecule has 0 radical (unpaired) electrons. The van der Waals surface area contributed by atoms with Crippen molar-refractivity contribution in [3.63, 3.8) is 0 Å². The molecule has 1 fully saturated rings. The lowest BCUT2D eigenvalue weighted by molar-refractivity contribution is -0.384. The van der Waals surface area contributed by atoms with Crippen molar-refractivity contribution in [2.45, 2.75) is 25.9 Å². The minimum absolute atomic E-state index is 0.0703. The van der Waals surface area contributed by atoms with Crippen LogP contribution in [0.3, 0.4) is 0 Å². The van der Waals surface area contributed by atoms with Gasteiger partial charge in [-0.1, -0.05) is 30.3 Å². The van der Waals surface area contributed by atoms with Crippen molar-refractivity contribution >= 4 is 23.2 Å². The average Bonchev–Trinajstić information content (AvgIpc) is 2.88. The molecule has 7 nitrogen and oxygen atoms in total. The molecule has 2 aromatic carbocycles. The molecule has 1 saturated heterocycles. The summed E-state index contributed by atoms with van der Waals surface area (Å²) in [5, 5.41) is 13.9. The molecule has 1 heterocycles. The molecule has 0 aliphatic carbocycles. The van der Waals surface area contributed by atoms with Crippen LogP contribution in [0, 0.1) is 17.0 Å². The standard InChI is InChI=1S/C18H17N3O4/c1-12-9-14(21(24)25)7-8-16(12)20-17(22)10-15(18(20)23)19-11-13-5-3-2-4-6-13/h2-9,15,19H,10-11H2,1H3. The number of carbonyl (C=O) groups excluding carboxylic acids is 2. The first-order valence-electron chi connectivity index (χ1n) is 7.86. The number of nitro benzene ring substituents is 1. The van der Waals surface area contributed by atoms with E-state index in [4.69, 9.17) is 0 Å². The van der Waals surface area contributed by atoms with Gasteiger partial charge in [0, 0.05) is 18.7 Å². The Hall–Kier alpha value is -3.06. The van der Waals surface area contributed by atoms with Gasteiger partial charge in [0.2, 0.25) is 5.91 Å². The van der Waals surface area contributed by atoms with Gasteiger partial charge in [0.25, 0.3) is 11.6 Å². The Kier molecular flexibility index (Phi) is 4.58. The second-order valence-corrected chi connectivity index (χ2v) is 5.92. The van der Waals surface area contributed by atoms with Crippen LogP contribution >= 0.6 is 0 Å². The number of imide groups is 1. The number of hydrogen-bond donors (Lipinski definition) is 1. The second-order valence-electron chi connectivity index (χ2n) is 5.92. The molecule has 1 unspecified atom stereocenters. The Labute approximate surface area is 144 Å². The maximum Gasteiger partial charge on any atom is 0.269 e. The van der Waals surface area contributed by atoms with Crippen LogP contribution in [0.1, 0.15) is 17.5 Å². The van der Waals surface area contributed by atoms with E-state index in [9.17, 15) is 19.7 Å². The Morgan fingerprint density at radius 1 is 1.20 bits per heavy atom. The van der Waals surface area contributed by atoms with Gasteiger partial charge in [-0.3, -0.25) is 19.7 Å². The van der Waals surface area contributed by atoms with E-state index in [0.29, 0.717) is 17.8 Å². The normalized spacial score (nSPS) is 17.2. The second kappa shape index (κ2) is 6.82. The highest BCUT2D eigenvalue weighted by molar-refractivity contribution is 6.22. The summed E-state index contributed by atoms with van der Waals surface area (Å²) in [6.45, 7) is 2.13. The Morgan fingerprint density at radius 2 is 1.92 bits per heavy atom. The van der Waals surface area contributed by atoms with Crippen LogP contribution in [0.15, 0.2) is 48.5 Å². The molecule has 0 aromatic heterocycles. The van der Waals surface area contributed by atoms with Crippen LogP contribution in [-0.4, -0.2) is 22.8 Å². The molecule has 0 saturated carbocycles. The maximum atomic E-state index is 12.6. The van der Waals surface area contributed by atoms with Crippen molar-refractivity contribution < 1.29 is 14.5 Å². The molecule has 2 aromatic rings. The lowest BCUT2D eigenvalue weighted by atomic mass is 10.1. The molecule has 7 heteroatoms. The highest BCUT2D eigenvalue weighted by Crippen LogP contribution is 2.29. The predicted molar refractivity (Wildman–Crippen MR) is 92.0 cm³/mol. The van der Waals surface area contributed by atoms with E-state index in [0.717, 1.165) is 10.5 Å². The zero-order valence-corrected chi connectivity index (χ0v) is 13.6. The lowest BCUT2D eigenvalue weighted by Crippen LogP contribution is -2.38. The molecule has 1 atom stereocenters. The van der Waals surface area contributed by atoms with Gasteiger partial charge in [0.15, 0.2) is 0 Å². The lowest BCUT2D eigenvalue weighted by Gasteiger charge is -2.17. The van der Waals surface area contributed by atoms with Gasteiger partial charge in [-0.25, -0.2) is 4.90 Å². The number of aryl methyl sites for hydroxylation is 1. The third-order valence-corrected chi connectivity index (χ3v) is 4.17. The molecule has 1 aliphatic heterocycles. The number of nitrogens with zero attached hydrogens (tertiary/aromatic N) is 2. The van der Waals surface area contributed by atoms with E-state index in [1.165, 1.54) is 18.2 Å². The number of amides is 2. The molecule has 2 amide bonds. The quantitative estimate of drug-likeness (QED) is 0.513. The Bertz CT molecular complexity index is 835. The van der Waals surface area contributed by atoms with Crippen LogP contribution in [0.2, 0.25) is 0 Å². The summed E-state index contributed by atoms with van der Waals surface area (Å²) >= 11 is 0. The van der Waals surface area contributed by atoms with Gasteiger partial charge in [-0.15, -0.1) is 0 Å². The molecule has 1 aliphatic rings. The van der Waals surface area contributed by atoms with Crippen molar-refractivity contribution in [1.29, 1.82) is 0 Å². The zero-order valence-electron chi connectivity index (χ0n) is 13.6. The third-order valence-electron chi connectivity index (χ3n) is 4.17. The summed E-state index contributed by atoms with van der Waals surface area (Å²) in [4.78, 5) is 36.4. The van der Waals surface area contributed by atoms with Crippen molar-refractivity contribution in [3.8, 4) is 0 Å². The van der Waals surface area contributed by atoms with Gasteiger partial charge < -0.3 is 5.32 Å². The number of non-ortho nitro benzene ring substituents is 1. The molecule has 3 rings (SSSR count). The zero-order chi connectivity index (χ0) is 18.0. The molecule has 25 heavy (non-hydrogen) atoms. The fourth-order valence-corrected chi connectivity index (χ4v) is 2.89. The van der Waals surface area contributed by atoms with E-state index in [-0.39, 0.29) is 23.9 Å². The molecule has 0 spiro atoms. The van der Waals surface area contributed by atoms with Gasteiger partial charge >= 0.3 is 0 Å². The molecule has 128 valence electrons. The van der Waals surface area contributed by atoms with Crippen molar-refractivity contribution in [1.82, 2.24) is 5.32 Å². The number of carbonyl (C=O) groups is 2. The van der Waals surface area contributed by atoms with Crippen LogP contribution < -0.4 is 10.2 Å². The van der Waals surface area contributed by atoms with E-state index >= 15 is 0 Å². The van der Waals surface area contributed by atoms with Crippen molar-refractivity contribution in [2.24, 2.45) is 0 Å². The average molecular weight is 339 g/mol. The summed E-state index contributed by atoms with van der Waals surface area (Å²) in [6, 6.07) is 13.1. The first-order valence-corrected chi connectivity index (χ1v) is 7.86. The topological polar surface area (TPSA) is 92.6 Å². The number of rotatable bonds is 5. The summed E-state index contributed by atoms with van der Waals surface area (Å²) in [5.41, 5.74) is 1.86. The number of anilines is 1. The largest absolute Gasteiger partial charge is 0.301 e. The monoisotopic (exact) mass is 339 g/mol. The van der Waals surface area contributed by atoms with Gasteiger partial charge in [-0.2, -0.15) is 0 Å². The van der Waals surface area contributed by atoms with Gasteiger partial charge in [0.05, 0.1) is 23.1 Å². The van der Waals surface area contributed by atoms with Gasteiger partial charge in [-0.05, 0) is 24.1 Å². The summed E-state index contributed by atoms with van der Waals surface area (Å²) in [6.07, 6.45) is 0.0715. The summed E-state index contributed by atoms with van der Waals surface area (Å²) < 4.78 is 0. The SMILES string of the molecule is Cc1cc([N+](=O)[O-])ccc1N1C(=O)CC(NCc2ccccc2)C1=O. The first kappa shape index (κ1) is 16.8. The fourth-order valence-electron chi connectivity index (χ4n) is 2.89. The van der Waals surface area contributed by atoms with Crippen LogP contribution in [0.4, 0.5) is 11.4 Å². The van der Waals surface area contributed by atoms with Gasteiger partial charge in [0.1, 0.15) is 0 Å². The first-order chi connectivity index (χ1) is 12.0. The van der Waals surface area contributed by atoms with Crippen LogP contribution in [0.5, 0.6) is 0 Å². The predicted octanol–water partition coefficient (Wildman–Crippen LogP) is 2.32.